The van der Waals surface area contributed by atoms with Crippen molar-refractivity contribution in [3.63, 3.8) is 0 Å². The molecule has 11 heteroatoms. The summed E-state index contributed by atoms with van der Waals surface area (Å²) in [5.41, 5.74) is 0.988. The summed E-state index contributed by atoms with van der Waals surface area (Å²) in [4.78, 5) is 28.3. The molecule has 0 spiro atoms. The number of methoxy groups -OCH3 is 2. The zero-order valence-corrected chi connectivity index (χ0v) is 23.7. The molecule has 2 rings (SSSR count). The Morgan fingerprint density at radius 1 is 1.00 bits per heavy atom. The molecule has 0 aliphatic heterocycles. The lowest BCUT2D eigenvalue weighted by atomic mass is 10.1. The van der Waals surface area contributed by atoms with Gasteiger partial charge in [0.2, 0.25) is 21.8 Å². The van der Waals surface area contributed by atoms with Gasteiger partial charge in [-0.3, -0.25) is 13.9 Å². The van der Waals surface area contributed by atoms with Gasteiger partial charge in [-0.2, -0.15) is 0 Å². The highest BCUT2D eigenvalue weighted by Gasteiger charge is 2.32. The third-order valence-corrected chi connectivity index (χ3v) is 7.38. The lowest BCUT2D eigenvalue weighted by molar-refractivity contribution is -0.140. The Hall–Kier alpha value is -2.98. The van der Waals surface area contributed by atoms with Gasteiger partial charge >= 0.3 is 0 Å². The van der Waals surface area contributed by atoms with Crippen LogP contribution in [0.3, 0.4) is 0 Å². The van der Waals surface area contributed by atoms with Crippen molar-refractivity contribution in [1.29, 1.82) is 0 Å². The smallest absolute Gasteiger partial charge is 0.244 e. The maximum Gasteiger partial charge on any atom is 0.244 e. The molecule has 0 saturated heterocycles. The molecule has 0 radical (unpaired) electrons. The second kappa shape index (κ2) is 13.5. The maximum absolute atomic E-state index is 13.7. The van der Waals surface area contributed by atoms with E-state index in [9.17, 15) is 18.0 Å². The molecule has 0 aliphatic carbocycles. The van der Waals surface area contributed by atoms with Crippen LogP contribution in [0.25, 0.3) is 0 Å². The van der Waals surface area contributed by atoms with E-state index < -0.39 is 28.5 Å². The molecule has 0 saturated carbocycles. The van der Waals surface area contributed by atoms with E-state index >= 15 is 0 Å². The van der Waals surface area contributed by atoms with E-state index in [1.807, 2.05) is 20.8 Å². The zero-order chi connectivity index (χ0) is 27.8. The quantitative estimate of drug-likeness (QED) is 0.404. The molecule has 0 bridgehead atoms. The molecule has 9 nitrogen and oxygen atoms in total. The van der Waals surface area contributed by atoms with Crippen molar-refractivity contribution in [3.05, 3.63) is 53.1 Å². The van der Waals surface area contributed by atoms with Crippen LogP contribution in [0.4, 0.5) is 5.69 Å². The number of ether oxygens (including phenoxy) is 2. The van der Waals surface area contributed by atoms with Crippen molar-refractivity contribution in [2.24, 2.45) is 0 Å². The third kappa shape index (κ3) is 8.26. The molecule has 1 N–H and O–H groups in total. The summed E-state index contributed by atoms with van der Waals surface area (Å²) in [6, 6.07) is 10.7. The van der Waals surface area contributed by atoms with Gasteiger partial charge in [0.25, 0.3) is 0 Å². The number of nitrogens with one attached hydrogen (secondary N) is 1. The van der Waals surface area contributed by atoms with Crippen LogP contribution in [0.5, 0.6) is 11.5 Å². The Bertz CT molecular complexity index is 1170. The van der Waals surface area contributed by atoms with Crippen molar-refractivity contribution in [2.45, 2.75) is 52.2 Å². The first-order valence-electron chi connectivity index (χ1n) is 12.0. The molecular weight excluding hydrogens is 518 g/mol. The van der Waals surface area contributed by atoms with Crippen LogP contribution in [-0.2, 0) is 26.2 Å². The molecule has 2 amide bonds. The number of amides is 2. The van der Waals surface area contributed by atoms with Gasteiger partial charge in [0.15, 0.2) is 11.5 Å². The number of hydrogen-bond acceptors (Lipinski definition) is 6. The standard InChI is InChI=1S/C26H36ClN3O6S/c1-7-18(3)28-26(32)22(8-2)29(16-19-9-11-20(27)12-10-19)25(31)17-30(37(6,33)34)21-13-14-23(35-4)24(15-21)36-5/h9-15,18,22H,7-8,16-17H2,1-6H3,(H,28,32)/t18-,22+/m0/s1. The second-order valence-corrected chi connectivity index (χ2v) is 11.0. The second-order valence-electron chi connectivity index (χ2n) is 8.70. The molecule has 0 aliphatic rings. The lowest BCUT2D eigenvalue weighted by Crippen LogP contribution is -2.53. The summed E-state index contributed by atoms with van der Waals surface area (Å²) in [6.07, 6.45) is 2.10. The first-order valence-corrected chi connectivity index (χ1v) is 14.2. The highest BCUT2D eigenvalue weighted by Crippen LogP contribution is 2.32. The van der Waals surface area contributed by atoms with Crippen LogP contribution in [0.15, 0.2) is 42.5 Å². The van der Waals surface area contributed by atoms with E-state index in [-0.39, 0.29) is 24.2 Å². The van der Waals surface area contributed by atoms with Crippen molar-refractivity contribution in [1.82, 2.24) is 10.2 Å². The molecule has 2 aromatic carbocycles. The first-order chi connectivity index (χ1) is 17.4. The molecule has 0 heterocycles. The van der Waals surface area contributed by atoms with Crippen LogP contribution < -0.4 is 19.1 Å². The van der Waals surface area contributed by atoms with Gasteiger partial charge in [-0.1, -0.05) is 37.6 Å². The van der Waals surface area contributed by atoms with Crippen molar-refractivity contribution in [2.75, 3.05) is 31.3 Å². The topological polar surface area (TPSA) is 105 Å². The fourth-order valence-electron chi connectivity index (χ4n) is 3.74. The minimum absolute atomic E-state index is 0.0756. The Kier molecular flexibility index (Phi) is 11.1. The summed E-state index contributed by atoms with van der Waals surface area (Å²) in [5, 5.41) is 3.48. The highest BCUT2D eigenvalue weighted by molar-refractivity contribution is 7.92. The number of carbonyl (C=O) groups is 2. The van der Waals surface area contributed by atoms with Crippen molar-refractivity contribution in [3.8, 4) is 11.5 Å². The third-order valence-electron chi connectivity index (χ3n) is 5.99. The SMILES string of the molecule is CC[C@H](C(=O)N[C@@H](C)CC)N(Cc1ccc(Cl)cc1)C(=O)CN(c1ccc(OC)c(OC)c1)S(C)(=O)=O. The molecular formula is C26H36ClN3O6S. The van der Waals surface area contributed by atoms with Crippen molar-refractivity contribution < 1.29 is 27.5 Å². The van der Waals surface area contributed by atoms with Crippen LogP contribution in [0.2, 0.25) is 5.02 Å². The van der Waals surface area contributed by atoms with Crippen LogP contribution in [0, 0.1) is 0 Å². The van der Waals surface area contributed by atoms with Crippen LogP contribution in [-0.4, -0.2) is 64.2 Å². The molecule has 0 aromatic heterocycles. The molecule has 0 unspecified atom stereocenters. The van der Waals surface area contributed by atoms with E-state index in [4.69, 9.17) is 21.1 Å². The van der Waals surface area contributed by atoms with E-state index in [0.717, 1.165) is 22.5 Å². The van der Waals surface area contributed by atoms with E-state index in [0.29, 0.717) is 22.9 Å². The Labute approximate surface area is 224 Å². The van der Waals surface area contributed by atoms with Crippen molar-refractivity contribution >= 4 is 39.1 Å². The fraction of sp³-hybridized carbons (Fsp3) is 0.462. The normalized spacial score (nSPS) is 12.8. The largest absolute Gasteiger partial charge is 0.493 e. The summed E-state index contributed by atoms with van der Waals surface area (Å²) in [7, 11) is -0.964. The summed E-state index contributed by atoms with van der Waals surface area (Å²) in [5.74, 6) is -0.0841. The number of sulfonamides is 1. The van der Waals surface area contributed by atoms with Crippen LogP contribution >= 0.6 is 11.6 Å². The Morgan fingerprint density at radius 3 is 2.14 bits per heavy atom. The predicted molar refractivity (Wildman–Crippen MR) is 146 cm³/mol. The first kappa shape index (κ1) is 30.2. The molecule has 2 aromatic rings. The predicted octanol–water partition coefficient (Wildman–Crippen LogP) is 3.85. The zero-order valence-electron chi connectivity index (χ0n) is 22.2. The number of halogens is 1. The number of hydrogen-bond donors (Lipinski definition) is 1. The number of nitrogens with zero attached hydrogens (tertiary/aromatic N) is 2. The Morgan fingerprint density at radius 2 is 1.62 bits per heavy atom. The molecule has 0 fully saturated rings. The molecule has 2 atom stereocenters. The average molecular weight is 554 g/mol. The van der Waals surface area contributed by atoms with Gasteiger partial charge in [0.05, 0.1) is 26.2 Å². The van der Waals surface area contributed by atoms with E-state index in [2.05, 4.69) is 5.32 Å². The van der Waals surface area contributed by atoms with Gasteiger partial charge in [0.1, 0.15) is 12.6 Å². The maximum atomic E-state index is 13.7. The number of rotatable bonds is 13. The summed E-state index contributed by atoms with van der Waals surface area (Å²) >= 11 is 6.02. The highest BCUT2D eigenvalue weighted by atomic mass is 35.5. The van der Waals surface area contributed by atoms with Gasteiger partial charge in [0, 0.05) is 23.7 Å². The number of benzene rings is 2. The lowest BCUT2D eigenvalue weighted by Gasteiger charge is -2.33. The minimum atomic E-state index is -3.87. The van der Waals surface area contributed by atoms with Gasteiger partial charge in [-0.15, -0.1) is 0 Å². The summed E-state index contributed by atoms with van der Waals surface area (Å²) in [6.45, 7) is 5.25. The Balaban J connectivity index is 2.48. The fourth-order valence-corrected chi connectivity index (χ4v) is 4.71. The van der Waals surface area contributed by atoms with E-state index in [1.165, 1.54) is 31.3 Å². The molecule has 37 heavy (non-hydrogen) atoms. The van der Waals surface area contributed by atoms with Gasteiger partial charge in [-0.05, 0) is 49.6 Å². The number of anilines is 1. The van der Waals surface area contributed by atoms with E-state index in [1.54, 1.807) is 30.3 Å². The monoisotopic (exact) mass is 553 g/mol. The minimum Gasteiger partial charge on any atom is -0.493 e. The van der Waals surface area contributed by atoms with Crippen LogP contribution in [0.1, 0.15) is 39.2 Å². The van der Waals surface area contributed by atoms with Gasteiger partial charge < -0.3 is 19.7 Å². The molecule has 204 valence electrons. The van der Waals surface area contributed by atoms with Gasteiger partial charge in [-0.25, -0.2) is 8.42 Å². The summed E-state index contributed by atoms with van der Waals surface area (Å²) < 4.78 is 37.1. The average Bonchev–Trinajstić information content (AvgIpc) is 2.86. The number of carbonyl (C=O) groups excluding carboxylic acids is 2.